The number of para-hydroxylation sites is 1. The Morgan fingerprint density at radius 2 is 1.96 bits per heavy atom. The van der Waals surface area contributed by atoms with Crippen LogP contribution in [0.4, 0.5) is 14.9 Å². The number of hydrogen-bond acceptors (Lipinski definition) is 4. The summed E-state index contributed by atoms with van der Waals surface area (Å²) in [6.45, 7) is 2.77. The molecule has 2 amide bonds. The lowest BCUT2D eigenvalue weighted by atomic mass is 10.0. The first-order valence-electron chi connectivity index (χ1n) is 9.48. The molecular weight excluding hydrogens is 361 g/mol. The fourth-order valence-electron chi connectivity index (χ4n) is 3.72. The second-order valence-electron chi connectivity index (χ2n) is 7.06. The molecule has 2 aliphatic rings. The number of halogens is 1. The summed E-state index contributed by atoms with van der Waals surface area (Å²) in [5.41, 5.74) is 1.62. The highest BCUT2D eigenvalue weighted by molar-refractivity contribution is 5.75. The van der Waals surface area contributed by atoms with Crippen molar-refractivity contribution in [1.82, 2.24) is 10.2 Å². The maximum atomic E-state index is 14.0. The summed E-state index contributed by atoms with van der Waals surface area (Å²) in [5, 5.41) is 3.06. The van der Waals surface area contributed by atoms with Crippen LogP contribution in [-0.2, 0) is 6.42 Å². The van der Waals surface area contributed by atoms with Gasteiger partial charge in [-0.15, -0.1) is 0 Å². The Labute approximate surface area is 163 Å². The minimum absolute atomic E-state index is 0.0864. The normalized spacial score (nSPS) is 18.9. The van der Waals surface area contributed by atoms with E-state index in [0.717, 1.165) is 17.1 Å². The molecule has 1 saturated heterocycles. The molecule has 0 aromatic heterocycles. The van der Waals surface area contributed by atoms with Gasteiger partial charge in [0.05, 0.1) is 18.8 Å². The summed E-state index contributed by atoms with van der Waals surface area (Å²) >= 11 is 0. The molecule has 2 aliphatic heterocycles. The first kappa shape index (κ1) is 18.4. The van der Waals surface area contributed by atoms with Gasteiger partial charge in [-0.05, 0) is 42.3 Å². The minimum Gasteiger partial charge on any atom is -0.497 e. The number of piperazine rings is 1. The van der Waals surface area contributed by atoms with Gasteiger partial charge in [0, 0.05) is 26.2 Å². The highest BCUT2D eigenvalue weighted by atomic mass is 19.1. The molecule has 1 fully saturated rings. The minimum atomic E-state index is -0.228. The van der Waals surface area contributed by atoms with Crippen LogP contribution in [0.25, 0.3) is 0 Å². The lowest BCUT2D eigenvalue weighted by molar-refractivity contribution is 0.178. The smallest absolute Gasteiger partial charge is 0.317 e. The number of methoxy groups -OCH3 is 1. The third kappa shape index (κ3) is 3.83. The van der Waals surface area contributed by atoms with Gasteiger partial charge in [0.25, 0.3) is 0 Å². The Kier molecular flexibility index (Phi) is 5.23. The first-order valence-corrected chi connectivity index (χ1v) is 9.48. The SMILES string of the molecule is COc1ccc2c(c1)C[C@@H](NC(=O)N1CCN(c3ccccc3F)CC1)CO2. The second kappa shape index (κ2) is 7.96. The molecule has 7 heteroatoms. The van der Waals surface area contributed by atoms with Crippen molar-refractivity contribution in [1.29, 1.82) is 0 Å². The lowest BCUT2D eigenvalue weighted by Crippen LogP contribution is -2.55. The number of benzene rings is 2. The molecule has 0 aliphatic carbocycles. The number of amides is 2. The molecule has 148 valence electrons. The van der Waals surface area contributed by atoms with Crippen molar-refractivity contribution in [2.45, 2.75) is 12.5 Å². The molecule has 0 spiro atoms. The van der Waals surface area contributed by atoms with Crippen molar-refractivity contribution in [3.05, 3.63) is 53.8 Å². The van der Waals surface area contributed by atoms with E-state index in [2.05, 4.69) is 5.32 Å². The first-order chi connectivity index (χ1) is 13.6. The fourth-order valence-corrected chi connectivity index (χ4v) is 3.72. The molecule has 28 heavy (non-hydrogen) atoms. The summed E-state index contributed by atoms with van der Waals surface area (Å²) in [7, 11) is 1.63. The van der Waals surface area contributed by atoms with Gasteiger partial charge < -0.3 is 24.6 Å². The molecule has 0 radical (unpaired) electrons. The Hall–Kier alpha value is -2.96. The van der Waals surface area contributed by atoms with E-state index in [-0.39, 0.29) is 17.9 Å². The van der Waals surface area contributed by atoms with E-state index in [0.29, 0.717) is 44.9 Å². The molecule has 1 N–H and O–H groups in total. The average Bonchev–Trinajstić information content (AvgIpc) is 2.73. The maximum absolute atomic E-state index is 14.0. The van der Waals surface area contributed by atoms with Crippen LogP contribution >= 0.6 is 0 Å². The largest absolute Gasteiger partial charge is 0.497 e. The van der Waals surface area contributed by atoms with Crippen molar-refractivity contribution in [3.8, 4) is 11.5 Å². The number of carbonyl (C=O) groups excluding carboxylic acids is 1. The third-order valence-electron chi connectivity index (χ3n) is 5.26. The Balaban J connectivity index is 1.32. The monoisotopic (exact) mass is 385 g/mol. The molecule has 2 heterocycles. The van der Waals surface area contributed by atoms with Gasteiger partial charge in [-0.25, -0.2) is 9.18 Å². The summed E-state index contributed by atoms with van der Waals surface area (Å²) in [4.78, 5) is 16.4. The van der Waals surface area contributed by atoms with E-state index in [4.69, 9.17) is 9.47 Å². The van der Waals surface area contributed by atoms with Crippen LogP contribution in [0.5, 0.6) is 11.5 Å². The maximum Gasteiger partial charge on any atom is 0.317 e. The van der Waals surface area contributed by atoms with E-state index in [1.165, 1.54) is 6.07 Å². The third-order valence-corrected chi connectivity index (χ3v) is 5.26. The number of rotatable bonds is 3. The number of anilines is 1. The Morgan fingerprint density at radius 1 is 1.18 bits per heavy atom. The number of nitrogens with zero attached hydrogens (tertiary/aromatic N) is 2. The predicted octanol–water partition coefficient (Wildman–Crippen LogP) is 2.67. The van der Waals surface area contributed by atoms with E-state index in [1.54, 1.807) is 24.1 Å². The van der Waals surface area contributed by atoms with Crippen molar-refractivity contribution < 1.29 is 18.7 Å². The summed E-state index contributed by atoms with van der Waals surface area (Å²) < 4.78 is 25.0. The van der Waals surface area contributed by atoms with Gasteiger partial charge in [0.1, 0.15) is 23.9 Å². The standard InChI is InChI=1S/C21H24FN3O3/c1-27-17-6-7-20-15(13-17)12-16(14-28-20)23-21(26)25-10-8-24(9-11-25)19-5-3-2-4-18(19)22/h2-7,13,16H,8-12,14H2,1H3,(H,23,26)/t16-/m1/s1. The molecule has 0 bridgehead atoms. The molecule has 0 unspecified atom stereocenters. The van der Waals surface area contributed by atoms with Crippen LogP contribution in [0, 0.1) is 5.82 Å². The molecule has 1 atom stereocenters. The number of urea groups is 1. The lowest BCUT2D eigenvalue weighted by Gasteiger charge is -2.37. The van der Waals surface area contributed by atoms with Gasteiger partial charge in [0.15, 0.2) is 0 Å². The molecular formula is C21H24FN3O3. The van der Waals surface area contributed by atoms with Crippen molar-refractivity contribution in [2.24, 2.45) is 0 Å². The number of fused-ring (bicyclic) bond motifs is 1. The zero-order chi connectivity index (χ0) is 19.5. The molecule has 6 nitrogen and oxygen atoms in total. The van der Waals surface area contributed by atoms with E-state index < -0.39 is 0 Å². The number of nitrogens with one attached hydrogen (secondary N) is 1. The van der Waals surface area contributed by atoms with Gasteiger partial charge in [0.2, 0.25) is 0 Å². The fraction of sp³-hybridized carbons (Fsp3) is 0.381. The van der Waals surface area contributed by atoms with Crippen LogP contribution in [0.15, 0.2) is 42.5 Å². The Bertz CT molecular complexity index is 853. The van der Waals surface area contributed by atoms with Crippen molar-refractivity contribution in [3.63, 3.8) is 0 Å². The van der Waals surface area contributed by atoms with Gasteiger partial charge in [-0.1, -0.05) is 12.1 Å². The average molecular weight is 385 g/mol. The molecule has 2 aromatic rings. The van der Waals surface area contributed by atoms with Crippen LogP contribution in [0.3, 0.4) is 0 Å². The second-order valence-corrected chi connectivity index (χ2v) is 7.06. The van der Waals surface area contributed by atoms with E-state index in [1.807, 2.05) is 29.2 Å². The van der Waals surface area contributed by atoms with Crippen LogP contribution in [-0.4, -0.2) is 56.9 Å². The summed E-state index contributed by atoms with van der Waals surface area (Å²) in [5.74, 6) is 1.39. The zero-order valence-corrected chi connectivity index (χ0v) is 15.9. The van der Waals surface area contributed by atoms with Gasteiger partial charge >= 0.3 is 6.03 Å². The molecule has 4 rings (SSSR count). The molecule has 0 saturated carbocycles. The van der Waals surface area contributed by atoms with Gasteiger partial charge in [-0.2, -0.15) is 0 Å². The predicted molar refractivity (Wildman–Crippen MR) is 105 cm³/mol. The van der Waals surface area contributed by atoms with Gasteiger partial charge in [-0.3, -0.25) is 0 Å². The quantitative estimate of drug-likeness (QED) is 0.883. The number of hydrogen-bond donors (Lipinski definition) is 1. The van der Waals surface area contributed by atoms with E-state index in [9.17, 15) is 9.18 Å². The number of carbonyl (C=O) groups is 1. The summed E-state index contributed by atoms with van der Waals surface area (Å²) in [6.07, 6.45) is 0.702. The van der Waals surface area contributed by atoms with Crippen LogP contribution in [0.1, 0.15) is 5.56 Å². The topological polar surface area (TPSA) is 54.0 Å². The molecule has 2 aromatic carbocycles. The highest BCUT2D eigenvalue weighted by Gasteiger charge is 2.27. The van der Waals surface area contributed by atoms with E-state index >= 15 is 0 Å². The van der Waals surface area contributed by atoms with Crippen LogP contribution < -0.4 is 19.7 Å². The zero-order valence-electron chi connectivity index (χ0n) is 15.9. The van der Waals surface area contributed by atoms with Crippen LogP contribution in [0.2, 0.25) is 0 Å². The Morgan fingerprint density at radius 3 is 2.71 bits per heavy atom. The number of ether oxygens (including phenoxy) is 2. The van der Waals surface area contributed by atoms with Crippen molar-refractivity contribution in [2.75, 3.05) is 44.8 Å². The highest BCUT2D eigenvalue weighted by Crippen LogP contribution is 2.28. The summed E-state index contributed by atoms with van der Waals surface area (Å²) in [6, 6.07) is 12.3. The van der Waals surface area contributed by atoms with Crippen molar-refractivity contribution >= 4 is 11.7 Å².